The second-order valence-corrected chi connectivity index (χ2v) is 5.97. The first kappa shape index (κ1) is 13.4. The first-order chi connectivity index (χ1) is 9.74. The van der Waals surface area contributed by atoms with E-state index in [4.69, 9.17) is 5.73 Å². The van der Waals surface area contributed by atoms with E-state index < -0.39 is 0 Å². The average Bonchev–Trinajstić information content (AvgIpc) is 2.48. The van der Waals surface area contributed by atoms with Crippen molar-refractivity contribution in [3.63, 3.8) is 0 Å². The van der Waals surface area contributed by atoms with Gasteiger partial charge in [0.15, 0.2) is 0 Å². The van der Waals surface area contributed by atoms with Crippen LogP contribution in [0.1, 0.15) is 0 Å². The molecule has 0 unspecified atom stereocenters. The fourth-order valence-electron chi connectivity index (χ4n) is 2.42. The Labute approximate surface area is 132 Å². The molecule has 1 aromatic heterocycles. The number of rotatable bonds is 2. The molecule has 104 valence electrons. The molecule has 1 aliphatic rings. The van der Waals surface area contributed by atoms with Crippen LogP contribution in [0.25, 0.3) is 0 Å². The Morgan fingerprint density at radius 2 is 1.65 bits per heavy atom. The van der Waals surface area contributed by atoms with Gasteiger partial charge in [0.2, 0.25) is 5.95 Å². The van der Waals surface area contributed by atoms with Gasteiger partial charge in [-0.1, -0.05) is 0 Å². The molecule has 2 aromatic rings. The van der Waals surface area contributed by atoms with Crippen LogP contribution >= 0.6 is 22.6 Å². The highest BCUT2D eigenvalue weighted by Crippen LogP contribution is 2.26. The van der Waals surface area contributed by atoms with E-state index in [0.29, 0.717) is 0 Å². The minimum atomic E-state index is 0.808. The number of aromatic nitrogens is 2. The number of nitrogens with zero attached hydrogens (tertiary/aromatic N) is 4. The monoisotopic (exact) mass is 381 g/mol. The van der Waals surface area contributed by atoms with Crippen LogP contribution in [0.15, 0.2) is 36.7 Å². The lowest BCUT2D eigenvalue weighted by atomic mass is 10.2. The molecule has 1 aliphatic heterocycles. The number of halogens is 1. The van der Waals surface area contributed by atoms with Gasteiger partial charge in [-0.2, -0.15) is 0 Å². The summed E-state index contributed by atoms with van der Waals surface area (Å²) < 4.78 is 1.17. The second kappa shape index (κ2) is 5.82. The smallest absolute Gasteiger partial charge is 0.225 e. The van der Waals surface area contributed by atoms with E-state index in [9.17, 15) is 0 Å². The molecular weight excluding hydrogens is 365 g/mol. The Morgan fingerprint density at radius 1 is 1.00 bits per heavy atom. The Morgan fingerprint density at radius 3 is 2.30 bits per heavy atom. The van der Waals surface area contributed by atoms with Crippen LogP contribution in [-0.4, -0.2) is 36.1 Å². The maximum atomic E-state index is 6.11. The molecule has 20 heavy (non-hydrogen) atoms. The van der Waals surface area contributed by atoms with Crippen molar-refractivity contribution < 1.29 is 0 Å². The Kier molecular flexibility index (Phi) is 3.90. The van der Waals surface area contributed by atoms with Crippen molar-refractivity contribution in [2.75, 3.05) is 41.7 Å². The van der Waals surface area contributed by atoms with Gasteiger partial charge < -0.3 is 15.5 Å². The number of benzene rings is 1. The molecule has 5 nitrogen and oxygen atoms in total. The summed E-state index contributed by atoms with van der Waals surface area (Å²) >= 11 is 2.28. The van der Waals surface area contributed by atoms with Gasteiger partial charge in [-0.05, 0) is 46.9 Å². The SMILES string of the molecule is Nc1cc(I)ccc1N1CCN(c2ncccn2)CC1. The van der Waals surface area contributed by atoms with Crippen LogP contribution in [-0.2, 0) is 0 Å². The van der Waals surface area contributed by atoms with E-state index in [2.05, 4.69) is 54.5 Å². The molecule has 0 aliphatic carbocycles. The molecule has 0 amide bonds. The van der Waals surface area contributed by atoms with E-state index in [-0.39, 0.29) is 0 Å². The molecule has 6 heteroatoms. The number of hydrogen-bond acceptors (Lipinski definition) is 5. The van der Waals surface area contributed by atoms with Crippen molar-refractivity contribution >= 4 is 39.9 Å². The topological polar surface area (TPSA) is 58.3 Å². The number of piperazine rings is 1. The van der Waals surface area contributed by atoms with Crippen LogP contribution in [0.5, 0.6) is 0 Å². The molecule has 2 heterocycles. The third-order valence-corrected chi connectivity index (χ3v) is 4.12. The van der Waals surface area contributed by atoms with E-state index in [0.717, 1.165) is 43.5 Å². The van der Waals surface area contributed by atoms with E-state index in [1.165, 1.54) is 3.57 Å². The van der Waals surface area contributed by atoms with Crippen LogP contribution in [0.4, 0.5) is 17.3 Å². The van der Waals surface area contributed by atoms with Crippen molar-refractivity contribution in [3.05, 3.63) is 40.2 Å². The van der Waals surface area contributed by atoms with Crippen molar-refractivity contribution in [1.29, 1.82) is 0 Å². The Balaban J connectivity index is 1.69. The van der Waals surface area contributed by atoms with Gasteiger partial charge in [0, 0.05) is 42.1 Å². The molecule has 0 bridgehead atoms. The summed E-state index contributed by atoms with van der Waals surface area (Å²) in [6.45, 7) is 3.69. The van der Waals surface area contributed by atoms with Crippen LogP contribution in [0, 0.1) is 3.57 Å². The number of nitrogens with two attached hydrogens (primary N) is 1. The first-order valence-corrected chi connectivity index (χ1v) is 7.64. The second-order valence-electron chi connectivity index (χ2n) is 4.73. The maximum absolute atomic E-state index is 6.11. The fourth-order valence-corrected chi connectivity index (χ4v) is 2.93. The average molecular weight is 381 g/mol. The summed E-state index contributed by atoms with van der Waals surface area (Å²) in [6.07, 6.45) is 3.57. The quantitative estimate of drug-likeness (QED) is 0.637. The van der Waals surface area contributed by atoms with Gasteiger partial charge in [-0.15, -0.1) is 0 Å². The largest absolute Gasteiger partial charge is 0.397 e. The van der Waals surface area contributed by atoms with Gasteiger partial charge in [0.1, 0.15) is 0 Å². The molecule has 1 fully saturated rings. The van der Waals surface area contributed by atoms with Crippen molar-refractivity contribution in [3.8, 4) is 0 Å². The van der Waals surface area contributed by atoms with Gasteiger partial charge >= 0.3 is 0 Å². The van der Waals surface area contributed by atoms with Crippen LogP contribution in [0.2, 0.25) is 0 Å². The molecular formula is C14H16IN5. The highest BCUT2D eigenvalue weighted by Gasteiger charge is 2.20. The summed E-state index contributed by atoms with van der Waals surface area (Å²) in [4.78, 5) is 13.1. The van der Waals surface area contributed by atoms with Crippen molar-refractivity contribution in [2.45, 2.75) is 0 Å². The zero-order valence-corrected chi connectivity index (χ0v) is 13.2. The predicted octanol–water partition coefficient (Wildman–Crippen LogP) is 1.99. The van der Waals surface area contributed by atoms with E-state index in [1.807, 2.05) is 12.1 Å². The van der Waals surface area contributed by atoms with Gasteiger partial charge in [0.25, 0.3) is 0 Å². The van der Waals surface area contributed by atoms with E-state index >= 15 is 0 Å². The highest BCUT2D eigenvalue weighted by atomic mass is 127. The Bertz CT molecular complexity index is 581. The molecule has 3 rings (SSSR count). The molecule has 0 saturated carbocycles. The van der Waals surface area contributed by atoms with Crippen LogP contribution in [0.3, 0.4) is 0 Å². The van der Waals surface area contributed by atoms with Gasteiger partial charge in [0.05, 0.1) is 11.4 Å². The lowest BCUT2D eigenvalue weighted by Gasteiger charge is -2.36. The number of hydrogen-bond donors (Lipinski definition) is 1. The first-order valence-electron chi connectivity index (χ1n) is 6.56. The molecule has 0 radical (unpaired) electrons. The molecule has 1 aromatic carbocycles. The molecule has 0 atom stereocenters. The summed E-state index contributed by atoms with van der Waals surface area (Å²) in [5.74, 6) is 0.808. The summed E-state index contributed by atoms with van der Waals surface area (Å²) in [5.41, 5.74) is 8.09. The van der Waals surface area contributed by atoms with Crippen LogP contribution < -0.4 is 15.5 Å². The Hall–Kier alpha value is -1.57. The minimum absolute atomic E-state index is 0.808. The summed E-state index contributed by atoms with van der Waals surface area (Å²) in [5, 5.41) is 0. The van der Waals surface area contributed by atoms with Crippen molar-refractivity contribution in [2.24, 2.45) is 0 Å². The number of nitrogen functional groups attached to an aromatic ring is 1. The maximum Gasteiger partial charge on any atom is 0.225 e. The fraction of sp³-hybridized carbons (Fsp3) is 0.286. The van der Waals surface area contributed by atoms with Gasteiger partial charge in [-0.25, -0.2) is 9.97 Å². The predicted molar refractivity (Wildman–Crippen MR) is 90.0 cm³/mol. The number of anilines is 3. The molecule has 1 saturated heterocycles. The molecule has 2 N–H and O–H groups in total. The van der Waals surface area contributed by atoms with Gasteiger partial charge in [-0.3, -0.25) is 0 Å². The zero-order valence-electron chi connectivity index (χ0n) is 11.0. The molecule has 0 spiro atoms. The highest BCUT2D eigenvalue weighted by molar-refractivity contribution is 14.1. The summed E-state index contributed by atoms with van der Waals surface area (Å²) in [7, 11) is 0. The third kappa shape index (κ3) is 2.79. The third-order valence-electron chi connectivity index (χ3n) is 3.44. The minimum Gasteiger partial charge on any atom is -0.397 e. The standard InChI is InChI=1S/C14H16IN5/c15-11-2-3-13(12(16)10-11)19-6-8-20(9-7-19)14-17-4-1-5-18-14/h1-5,10H,6-9,16H2. The van der Waals surface area contributed by atoms with Crippen molar-refractivity contribution in [1.82, 2.24) is 9.97 Å². The lowest BCUT2D eigenvalue weighted by Crippen LogP contribution is -2.47. The van der Waals surface area contributed by atoms with E-state index in [1.54, 1.807) is 12.4 Å². The summed E-state index contributed by atoms with van der Waals surface area (Å²) in [6, 6.07) is 8.05. The normalized spacial score (nSPS) is 15.4. The zero-order chi connectivity index (χ0) is 13.9. The lowest BCUT2D eigenvalue weighted by molar-refractivity contribution is 0.640.